The Balaban J connectivity index is 2.65. The molecule has 0 heterocycles. The fourth-order valence-corrected chi connectivity index (χ4v) is 1.91. The predicted molar refractivity (Wildman–Crippen MR) is 64.3 cm³/mol. The molecule has 1 aromatic carbocycles. The molecule has 1 aromatic rings. The van der Waals surface area contributed by atoms with E-state index in [0.717, 1.165) is 29.2 Å². The van der Waals surface area contributed by atoms with Crippen LogP contribution in [0.15, 0.2) is 12.1 Å². The van der Waals surface area contributed by atoms with Crippen molar-refractivity contribution in [2.75, 3.05) is 11.9 Å². The summed E-state index contributed by atoms with van der Waals surface area (Å²) in [5.41, 5.74) is 3.30. The molecule has 0 atom stereocenters. The Morgan fingerprint density at radius 2 is 2.13 bits per heavy atom. The number of unbranched alkanes of at least 4 members (excludes halogenated alkanes) is 1. The van der Waals surface area contributed by atoms with Crippen LogP contribution in [0.2, 0.25) is 5.02 Å². The molecular formula is C12H15ClN2. The number of nitriles is 1. The van der Waals surface area contributed by atoms with E-state index in [-0.39, 0.29) is 0 Å². The van der Waals surface area contributed by atoms with Gasteiger partial charge in [0.15, 0.2) is 0 Å². The monoisotopic (exact) mass is 222 g/mol. The van der Waals surface area contributed by atoms with Crippen LogP contribution in [-0.4, -0.2) is 6.54 Å². The molecule has 1 rings (SSSR count). The maximum absolute atomic E-state index is 8.41. The quantitative estimate of drug-likeness (QED) is 0.789. The first-order chi connectivity index (χ1) is 7.15. The fourth-order valence-electron chi connectivity index (χ4n) is 1.52. The van der Waals surface area contributed by atoms with Gasteiger partial charge in [0.2, 0.25) is 0 Å². The molecule has 3 heteroatoms. The van der Waals surface area contributed by atoms with Crippen molar-refractivity contribution in [2.24, 2.45) is 0 Å². The lowest BCUT2D eigenvalue weighted by atomic mass is 10.1. The minimum absolute atomic E-state index is 0.579. The van der Waals surface area contributed by atoms with Gasteiger partial charge in [-0.15, -0.1) is 0 Å². The average Bonchev–Trinajstić information content (AvgIpc) is 2.15. The lowest BCUT2D eigenvalue weighted by Crippen LogP contribution is -2.03. The van der Waals surface area contributed by atoms with Crippen LogP contribution in [0.5, 0.6) is 0 Å². The van der Waals surface area contributed by atoms with Gasteiger partial charge in [0.1, 0.15) is 0 Å². The normalized spacial score (nSPS) is 9.73. The number of aryl methyl sites for hydroxylation is 2. The second kappa shape index (κ2) is 5.63. The third-order valence-corrected chi connectivity index (χ3v) is 2.50. The van der Waals surface area contributed by atoms with Gasteiger partial charge in [0.05, 0.1) is 16.8 Å². The molecule has 0 aliphatic rings. The van der Waals surface area contributed by atoms with Crippen LogP contribution in [-0.2, 0) is 0 Å². The number of hydrogen-bond donors (Lipinski definition) is 1. The van der Waals surface area contributed by atoms with Crippen molar-refractivity contribution in [1.29, 1.82) is 5.26 Å². The van der Waals surface area contributed by atoms with Crippen molar-refractivity contribution in [1.82, 2.24) is 0 Å². The standard InChI is InChI=1S/C12H15ClN2/c1-9-7-10(2)12(11(13)8-9)15-6-4-3-5-14/h7-8,15H,3-4,6H2,1-2H3. The summed E-state index contributed by atoms with van der Waals surface area (Å²) < 4.78 is 0. The molecular weight excluding hydrogens is 208 g/mol. The number of nitrogens with one attached hydrogen (secondary N) is 1. The molecule has 0 amide bonds. The largest absolute Gasteiger partial charge is 0.384 e. The highest BCUT2D eigenvalue weighted by Gasteiger charge is 2.03. The van der Waals surface area contributed by atoms with E-state index < -0.39 is 0 Å². The Labute approximate surface area is 95.9 Å². The zero-order chi connectivity index (χ0) is 11.3. The lowest BCUT2D eigenvalue weighted by molar-refractivity contribution is 0.896. The van der Waals surface area contributed by atoms with Crippen LogP contribution >= 0.6 is 11.6 Å². The molecule has 0 aliphatic heterocycles. The van der Waals surface area contributed by atoms with Crippen molar-refractivity contribution in [3.05, 3.63) is 28.3 Å². The van der Waals surface area contributed by atoms with E-state index in [1.807, 2.05) is 19.9 Å². The highest BCUT2D eigenvalue weighted by atomic mass is 35.5. The van der Waals surface area contributed by atoms with Crippen LogP contribution < -0.4 is 5.32 Å². The van der Waals surface area contributed by atoms with E-state index in [0.29, 0.717) is 6.42 Å². The molecule has 1 N–H and O–H groups in total. The van der Waals surface area contributed by atoms with Crippen LogP contribution in [0, 0.1) is 25.2 Å². The minimum atomic E-state index is 0.579. The van der Waals surface area contributed by atoms with Crippen molar-refractivity contribution in [3.8, 4) is 6.07 Å². The Kier molecular flexibility index (Phi) is 4.45. The summed E-state index contributed by atoms with van der Waals surface area (Å²) in [4.78, 5) is 0. The molecule has 0 aromatic heterocycles. The maximum Gasteiger partial charge on any atom is 0.0642 e. The van der Waals surface area contributed by atoms with E-state index >= 15 is 0 Å². The number of nitrogens with zero attached hydrogens (tertiary/aromatic N) is 1. The molecule has 0 spiro atoms. The third-order valence-electron chi connectivity index (χ3n) is 2.20. The number of hydrogen-bond acceptors (Lipinski definition) is 2. The highest BCUT2D eigenvalue weighted by molar-refractivity contribution is 6.33. The molecule has 0 bridgehead atoms. The molecule has 0 unspecified atom stereocenters. The Morgan fingerprint density at radius 3 is 2.73 bits per heavy atom. The van der Waals surface area contributed by atoms with E-state index in [1.54, 1.807) is 0 Å². The summed E-state index contributed by atoms with van der Waals surface area (Å²) in [6.45, 7) is 4.85. The summed E-state index contributed by atoms with van der Waals surface area (Å²) in [6.07, 6.45) is 1.43. The zero-order valence-electron chi connectivity index (χ0n) is 9.10. The van der Waals surface area contributed by atoms with Gasteiger partial charge in [-0.1, -0.05) is 17.7 Å². The van der Waals surface area contributed by atoms with E-state index in [1.165, 1.54) is 5.56 Å². The summed E-state index contributed by atoms with van der Waals surface area (Å²) in [5, 5.41) is 12.4. The fraction of sp³-hybridized carbons (Fsp3) is 0.417. The number of benzene rings is 1. The van der Waals surface area contributed by atoms with Crippen molar-refractivity contribution in [3.63, 3.8) is 0 Å². The first kappa shape index (κ1) is 11.9. The summed E-state index contributed by atoms with van der Waals surface area (Å²) in [5.74, 6) is 0. The minimum Gasteiger partial charge on any atom is -0.384 e. The van der Waals surface area contributed by atoms with Crippen molar-refractivity contribution < 1.29 is 0 Å². The topological polar surface area (TPSA) is 35.8 Å². The Morgan fingerprint density at radius 1 is 1.40 bits per heavy atom. The van der Waals surface area contributed by atoms with Gasteiger partial charge in [0.25, 0.3) is 0 Å². The Hall–Kier alpha value is -1.20. The molecule has 80 valence electrons. The van der Waals surface area contributed by atoms with Gasteiger partial charge in [-0.2, -0.15) is 5.26 Å². The van der Waals surface area contributed by atoms with Crippen LogP contribution in [0.25, 0.3) is 0 Å². The smallest absolute Gasteiger partial charge is 0.0642 e. The van der Waals surface area contributed by atoms with Gasteiger partial charge in [-0.25, -0.2) is 0 Å². The molecule has 0 saturated heterocycles. The second-order valence-corrected chi connectivity index (χ2v) is 4.03. The summed E-state index contributed by atoms with van der Waals surface area (Å²) in [6, 6.07) is 6.16. The SMILES string of the molecule is Cc1cc(C)c(NCCCC#N)c(Cl)c1. The Bertz CT molecular complexity index is 357. The first-order valence-corrected chi connectivity index (χ1v) is 5.40. The van der Waals surface area contributed by atoms with Gasteiger partial charge < -0.3 is 5.32 Å². The second-order valence-electron chi connectivity index (χ2n) is 3.63. The molecule has 2 nitrogen and oxygen atoms in total. The third kappa shape index (κ3) is 3.45. The molecule has 0 fully saturated rings. The van der Waals surface area contributed by atoms with Gasteiger partial charge in [-0.3, -0.25) is 0 Å². The predicted octanol–water partition coefficient (Wildman–Crippen LogP) is 3.67. The highest BCUT2D eigenvalue weighted by Crippen LogP contribution is 2.27. The van der Waals surface area contributed by atoms with Crippen LogP contribution in [0.3, 0.4) is 0 Å². The zero-order valence-corrected chi connectivity index (χ0v) is 9.86. The maximum atomic E-state index is 8.41. The summed E-state index contributed by atoms with van der Waals surface area (Å²) >= 11 is 6.12. The molecule has 0 radical (unpaired) electrons. The number of anilines is 1. The van der Waals surface area contributed by atoms with Gasteiger partial charge >= 0.3 is 0 Å². The van der Waals surface area contributed by atoms with Gasteiger partial charge in [0, 0.05) is 13.0 Å². The van der Waals surface area contributed by atoms with Crippen molar-refractivity contribution in [2.45, 2.75) is 26.7 Å². The number of rotatable bonds is 4. The number of halogens is 1. The van der Waals surface area contributed by atoms with Crippen LogP contribution in [0.4, 0.5) is 5.69 Å². The molecule has 0 saturated carbocycles. The van der Waals surface area contributed by atoms with Crippen LogP contribution in [0.1, 0.15) is 24.0 Å². The molecule has 0 aliphatic carbocycles. The van der Waals surface area contributed by atoms with E-state index in [9.17, 15) is 0 Å². The van der Waals surface area contributed by atoms with E-state index in [2.05, 4.69) is 17.5 Å². The lowest BCUT2D eigenvalue weighted by Gasteiger charge is -2.11. The summed E-state index contributed by atoms with van der Waals surface area (Å²) in [7, 11) is 0. The average molecular weight is 223 g/mol. The van der Waals surface area contributed by atoms with E-state index in [4.69, 9.17) is 16.9 Å². The van der Waals surface area contributed by atoms with Crippen molar-refractivity contribution >= 4 is 17.3 Å². The first-order valence-electron chi connectivity index (χ1n) is 5.02. The molecule has 15 heavy (non-hydrogen) atoms. The van der Waals surface area contributed by atoms with Gasteiger partial charge in [-0.05, 0) is 37.5 Å².